The molecule has 78 valence electrons. The van der Waals surface area contributed by atoms with Crippen LogP contribution in [0.3, 0.4) is 0 Å². The van der Waals surface area contributed by atoms with Gasteiger partial charge >= 0.3 is 0 Å². The maximum Gasteiger partial charge on any atom is 0.280 e. The summed E-state index contributed by atoms with van der Waals surface area (Å²) in [5.41, 5.74) is 0.282. The van der Waals surface area contributed by atoms with E-state index < -0.39 is 6.43 Å². The Morgan fingerprint density at radius 1 is 1.43 bits per heavy atom. The molecule has 0 unspecified atom stereocenters. The number of alkyl halides is 3. The van der Waals surface area contributed by atoms with Gasteiger partial charge < -0.3 is 0 Å². The summed E-state index contributed by atoms with van der Waals surface area (Å²) in [5, 5.41) is 0.352. The van der Waals surface area contributed by atoms with Crippen LogP contribution in [0, 0.1) is 0 Å². The van der Waals surface area contributed by atoms with Gasteiger partial charge in [-0.3, -0.25) is 0 Å². The van der Waals surface area contributed by atoms with Crippen LogP contribution in [0.4, 0.5) is 8.78 Å². The van der Waals surface area contributed by atoms with Crippen molar-refractivity contribution in [3.8, 4) is 0 Å². The first kappa shape index (κ1) is 11.5. The average Bonchev–Trinajstić information content (AvgIpc) is 2.16. The summed E-state index contributed by atoms with van der Waals surface area (Å²) in [5.74, 6) is 0.530. The molecule has 5 heteroatoms. The third kappa shape index (κ3) is 2.47. The van der Waals surface area contributed by atoms with Gasteiger partial charge in [0.05, 0.1) is 0 Å². The Morgan fingerprint density at radius 3 is 2.50 bits per heavy atom. The predicted octanol–water partition coefficient (Wildman–Crippen LogP) is 3.43. The summed E-state index contributed by atoms with van der Waals surface area (Å²) in [7, 11) is 0. The van der Waals surface area contributed by atoms with Crippen molar-refractivity contribution in [2.75, 3.05) is 0 Å². The first-order valence-corrected chi connectivity index (χ1v) is 5.38. The molecule has 0 spiro atoms. The van der Waals surface area contributed by atoms with Gasteiger partial charge in [-0.2, -0.15) is 0 Å². The SMILES string of the molecule is CC(C)c1ncc(CBr)c(C(F)F)n1. The Hall–Kier alpha value is -0.580. The monoisotopic (exact) mass is 264 g/mol. The van der Waals surface area contributed by atoms with Crippen LogP contribution in [0.2, 0.25) is 0 Å². The van der Waals surface area contributed by atoms with E-state index in [0.717, 1.165) is 0 Å². The molecule has 0 aliphatic heterocycles. The highest BCUT2D eigenvalue weighted by Crippen LogP contribution is 2.23. The number of hydrogen-bond donors (Lipinski definition) is 0. The highest BCUT2D eigenvalue weighted by molar-refractivity contribution is 9.08. The van der Waals surface area contributed by atoms with Gasteiger partial charge in [0, 0.05) is 23.0 Å². The molecule has 2 nitrogen and oxygen atoms in total. The smallest absolute Gasteiger partial charge is 0.241 e. The maximum absolute atomic E-state index is 12.5. The van der Waals surface area contributed by atoms with Crippen LogP contribution in [0.15, 0.2) is 6.20 Å². The minimum absolute atomic E-state index is 0.0666. The maximum atomic E-state index is 12.5. The lowest BCUT2D eigenvalue weighted by Gasteiger charge is -2.09. The highest BCUT2D eigenvalue weighted by Gasteiger charge is 2.16. The van der Waals surface area contributed by atoms with Crippen molar-refractivity contribution in [2.45, 2.75) is 31.5 Å². The topological polar surface area (TPSA) is 25.8 Å². The lowest BCUT2D eigenvalue weighted by molar-refractivity contribution is 0.144. The van der Waals surface area contributed by atoms with Crippen LogP contribution in [-0.4, -0.2) is 9.97 Å². The summed E-state index contributed by atoms with van der Waals surface area (Å²) >= 11 is 3.12. The van der Waals surface area contributed by atoms with E-state index in [-0.39, 0.29) is 11.6 Å². The number of rotatable bonds is 3. The van der Waals surface area contributed by atoms with E-state index in [2.05, 4.69) is 25.9 Å². The molecule has 14 heavy (non-hydrogen) atoms. The summed E-state index contributed by atoms with van der Waals surface area (Å²) in [4.78, 5) is 7.87. The average molecular weight is 265 g/mol. The van der Waals surface area contributed by atoms with Gasteiger partial charge in [0.25, 0.3) is 6.43 Å². The van der Waals surface area contributed by atoms with E-state index in [4.69, 9.17) is 0 Å². The Morgan fingerprint density at radius 2 is 2.07 bits per heavy atom. The first-order chi connectivity index (χ1) is 6.56. The standard InChI is InChI=1S/C9H11BrF2N2/c1-5(2)9-13-4-6(3-10)7(14-9)8(11)12/h4-5,8H,3H2,1-2H3. The minimum atomic E-state index is -2.54. The van der Waals surface area contributed by atoms with Gasteiger partial charge in [-0.15, -0.1) is 0 Å². The summed E-state index contributed by atoms with van der Waals surface area (Å²) < 4.78 is 25.1. The molecule has 1 heterocycles. The second-order valence-electron chi connectivity index (χ2n) is 3.23. The van der Waals surface area contributed by atoms with E-state index in [1.807, 2.05) is 13.8 Å². The molecule has 0 aromatic carbocycles. The van der Waals surface area contributed by atoms with Crippen LogP contribution in [-0.2, 0) is 5.33 Å². The largest absolute Gasteiger partial charge is 0.280 e. The van der Waals surface area contributed by atoms with Crippen LogP contribution < -0.4 is 0 Å². The van der Waals surface area contributed by atoms with Gasteiger partial charge in [0.15, 0.2) is 0 Å². The van der Waals surface area contributed by atoms with Crippen molar-refractivity contribution in [3.63, 3.8) is 0 Å². The van der Waals surface area contributed by atoms with E-state index in [1.165, 1.54) is 6.20 Å². The zero-order valence-corrected chi connectivity index (χ0v) is 9.55. The Kier molecular flexibility index (Phi) is 3.92. The second-order valence-corrected chi connectivity index (χ2v) is 3.79. The highest BCUT2D eigenvalue weighted by atomic mass is 79.9. The van der Waals surface area contributed by atoms with Gasteiger partial charge in [0.2, 0.25) is 0 Å². The fraction of sp³-hybridized carbons (Fsp3) is 0.556. The molecular formula is C9H11BrF2N2. The van der Waals surface area contributed by atoms with Gasteiger partial charge in [0.1, 0.15) is 11.5 Å². The molecule has 0 saturated carbocycles. The Balaban J connectivity index is 3.14. The van der Waals surface area contributed by atoms with Crippen LogP contribution in [0.1, 0.15) is 43.3 Å². The Bertz CT molecular complexity index is 316. The van der Waals surface area contributed by atoms with Crippen molar-refractivity contribution in [1.82, 2.24) is 9.97 Å². The number of halogens is 3. The van der Waals surface area contributed by atoms with Crippen LogP contribution in [0.25, 0.3) is 0 Å². The van der Waals surface area contributed by atoms with E-state index in [9.17, 15) is 8.78 Å². The molecule has 1 aromatic heterocycles. The van der Waals surface area contributed by atoms with E-state index >= 15 is 0 Å². The normalized spacial score (nSPS) is 11.4. The van der Waals surface area contributed by atoms with E-state index in [0.29, 0.717) is 16.7 Å². The first-order valence-electron chi connectivity index (χ1n) is 4.26. The molecular weight excluding hydrogens is 254 g/mol. The molecule has 1 aromatic rings. The molecule has 0 aliphatic carbocycles. The second kappa shape index (κ2) is 4.77. The zero-order chi connectivity index (χ0) is 10.7. The predicted molar refractivity (Wildman–Crippen MR) is 53.7 cm³/mol. The molecule has 0 fully saturated rings. The van der Waals surface area contributed by atoms with E-state index in [1.54, 1.807) is 0 Å². The third-order valence-corrected chi connectivity index (χ3v) is 2.39. The molecule has 0 aliphatic rings. The van der Waals surface area contributed by atoms with Crippen molar-refractivity contribution in [3.05, 3.63) is 23.3 Å². The number of nitrogens with zero attached hydrogens (tertiary/aromatic N) is 2. The lowest BCUT2D eigenvalue weighted by atomic mass is 10.2. The van der Waals surface area contributed by atoms with Crippen molar-refractivity contribution < 1.29 is 8.78 Å². The quantitative estimate of drug-likeness (QED) is 0.782. The summed E-state index contributed by atoms with van der Waals surface area (Å²) in [6, 6.07) is 0. The van der Waals surface area contributed by atoms with Crippen LogP contribution in [0.5, 0.6) is 0 Å². The lowest BCUT2D eigenvalue weighted by Crippen LogP contribution is -2.05. The molecule has 0 saturated heterocycles. The summed E-state index contributed by atoms with van der Waals surface area (Å²) in [6.07, 6.45) is -1.08. The molecule has 0 amide bonds. The Labute approximate surface area is 89.9 Å². The van der Waals surface area contributed by atoms with Crippen molar-refractivity contribution in [1.29, 1.82) is 0 Å². The number of hydrogen-bond acceptors (Lipinski definition) is 2. The minimum Gasteiger partial charge on any atom is -0.241 e. The molecule has 1 rings (SSSR count). The molecule has 0 radical (unpaired) electrons. The van der Waals surface area contributed by atoms with Gasteiger partial charge in [-0.05, 0) is 0 Å². The van der Waals surface area contributed by atoms with Gasteiger partial charge in [-0.25, -0.2) is 18.7 Å². The fourth-order valence-electron chi connectivity index (χ4n) is 1.00. The molecule has 0 N–H and O–H groups in total. The van der Waals surface area contributed by atoms with Crippen molar-refractivity contribution >= 4 is 15.9 Å². The number of aromatic nitrogens is 2. The summed E-state index contributed by atoms with van der Waals surface area (Å²) in [6.45, 7) is 3.75. The zero-order valence-electron chi connectivity index (χ0n) is 7.97. The fourth-order valence-corrected chi connectivity index (χ4v) is 1.44. The third-order valence-electron chi connectivity index (χ3n) is 1.78. The van der Waals surface area contributed by atoms with Crippen LogP contribution >= 0.6 is 15.9 Å². The van der Waals surface area contributed by atoms with Crippen molar-refractivity contribution in [2.24, 2.45) is 0 Å². The van der Waals surface area contributed by atoms with Gasteiger partial charge in [-0.1, -0.05) is 29.8 Å². The molecule has 0 bridgehead atoms. The molecule has 0 atom stereocenters.